The van der Waals surface area contributed by atoms with Crippen molar-refractivity contribution in [1.29, 1.82) is 0 Å². The van der Waals surface area contributed by atoms with Gasteiger partial charge in [0.1, 0.15) is 0 Å². The third-order valence-electron chi connectivity index (χ3n) is 4.11. The lowest BCUT2D eigenvalue weighted by atomic mass is 9.75. The van der Waals surface area contributed by atoms with E-state index >= 15 is 0 Å². The van der Waals surface area contributed by atoms with E-state index in [1.54, 1.807) is 0 Å². The SMILES string of the molecule is CN(Cc1csc(C(=O)NN)n1)CC1(N(C)C)CCC1. The molecule has 2 rings (SSSR count). The Balaban J connectivity index is 1.93. The zero-order chi connectivity index (χ0) is 14.8. The lowest BCUT2D eigenvalue weighted by molar-refractivity contribution is 0.0256. The van der Waals surface area contributed by atoms with Crippen LogP contribution in [-0.2, 0) is 6.54 Å². The predicted octanol–water partition coefficient (Wildman–Crippen LogP) is 0.663. The number of thiazole rings is 1. The van der Waals surface area contributed by atoms with Crippen LogP contribution in [0.15, 0.2) is 5.38 Å². The Morgan fingerprint density at radius 2 is 2.20 bits per heavy atom. The Morgan fingerprint density at radius 3 is 2.70 bits per heavy atom. The Labute approximate surface area is 123 Å². The van der Waals surface area contributed by atoms with E-state index in [0.717, 1.165) is 18.8 Å². The van der Waals surface area contributed by atoms with Gasteiger partial charge in [0.25, 0.3) is 5.91 Å². The quantitative estimate of drug-likeness (QED) is 0.458. The first-order valence-electron chi connectivity index (χ1n) is 6.78. The van der Waals surface area contributed by atoms with Gasteiger partial charge in [-0.15, -0.1) is 11.3 Å². The molecular weight excluding hydrogens is 274 g/mol. The summed E-state index contributed by atoms with van der Waals surface area (Å²) in [7, 11) is 6.41. The minimum absolute atomic E-state index is 0.308. The molecular formula is C13H23N5OS. The largest absolute Gasteiger partial charge is 0.302 e. The molecule has 0 aliphatic heterocycles. The normalized spacial score (nSPS) is 17.3. The third kappa shape index (κ3) is 3.17. The van der Waals surface area contributed by atoms with Crippen LogP contribution in [0, 0.1) is 0 Å². The van der Waals surface area contributed by atoms with Crippen LogP contribution in [0.5, 0.6) is 0 Å². The second-order valence-electron chi connectivity index (χ2n) is 5.76. The van der Waals surface area contributed by atoms with Crippen LogP contribution in [0.2, 0.25) is 0 Å². The number of hydrazine groups is 1. The van der Waals surface area contributed by atoms with Crippen LogP contribution in [-0.4, -0.2) is 53.9 Å². The van der Waals surface area contributed by atoms with Crippen molar-refractivity contribution in [2.75, 3.05) is 27.7 Å². The number of aromatic nitrogens is 1. The number of amides is 1. The first-order valence-corrected chi connectivity index (χ1v) is 7.66. The molecule has 0 saturated heterocycles. The molecule has 6 nitrogen and oxygen atoms in total. The molecule has 1 aromatic heterocycles. The van der Waals surface area contributed by atoms with Crippen LogP contribution in [0.4, 0.5) is 0 Å². The summed E-state index contributed by atoms with van der Waals surface area (Å²) in [6.07, 6.45) is 3.81. The van der Waals surface area contributed by atoms with Gasteiger partial charge < -0.3 is 4.90 Å². The summed E-state index contributed by atoms with van der Waals surface area (Å²) in [5.74, 6) is 4.78. The summed E-state index contributed by atoms with van der Waals surface area (Å²) in [6, 6.07) is 0. The highest BCUT2D eigenvalue weighted by Crippen LogP contribution is 2.36. The molecule has 1 saturated carbocycles. The van der Waals surface area contributed by atoms with Gasteiger partial charge in [-0.3, -0.25) is 15.1 Å². The van der Waals surface area contributed by atoms with Crippen molar-refractivity contribution < 1.29 is 4.79 Å². The van der Waals surface area contributed by atoms with Gasteiger partial charge in [0.05, 0.1) is 5.69 Å². The van der Waals surface area contributed by atoms with E-state index in [2.05, 4.69) is 41.4 Å². The van der Waals surface area contributed by atoms with E-state index in [1.165, 1.54) is 30.6 Å². The lowest BCUT2D eigenvalue weighted by Gasteiger charge is -2.49. The van der Waals surface area contributed by atoms with Crippen molar-refractivity contribution in [3.05, 3.63) is 16.1 Å². The molecule has 112 valence electrons. The van der Waals surface area contributed by atoms with E-state index in [1.807, 2.05) is 5.38 Å². The van der Waals surface area contributed by atoms with Crippen molar-refractivity contribution in [1.82, 2.24) is 20.2 Å². The number of likely N-dealkylation sites (N-methyl/N-ethyl adjacent to an activating group) is 2. The van der Waals surface area contributed by atoms with E-state index < -0.39 is 0 Å². The molecule has 7 heteroatoms. The second-order valence-corrected chi connectivity index (χ2v) is 6.62. The van der Waals surface area contributed by atoms with Gasteiger partial charge in [-0.05, 0) is 40.4 Å². The number of rotatable bonds is 6. The van der Waals surface area contributed by atoms with Gasteiger partial charge in [-0.1, -0.05) is 0 Å². The van der Waals surface area contributed by atoms with Crippen molar-refractivity contribution in [3.63, 3.8) is 0 Å². The first kappa shape index (κ1) is 15.4. The van der Waals surface area contributed by atoms with E-state index in [9.17, 15) is 4.79 Å². The number of carbonyl (C=O) groups excluding carboxylic acids is 1. The molecule has 3 N–H and O–H groups in total. The number of nitrogens with one attached hydrogen (secondary N) is 1. The summed E-state index contributed by atoms with van der Waals surface area (Å²) < 4.78 is 0. The maximum Gasteiger partial charge on any atom is 0.294 e. The lowest BCUT2D eigenvalue weighted by Crippen LogP contribution is -2.56. The number of nitrogens with zero attached hydrogens (tertiary/aromatic N) is 3. The highest BCUT2D eigenvalue weighted by Gasteiger charge is 2.39. The molecule has 1 amide bonds. The van der Waals surface area contributed by atoms with Gasteiger partial charge in [0, 0.05) is 24.0 Å². The average molecular weight is 297 g/mol. The zero-order valence-corrected chi connectivity index (χ0v) is 13.2. The van der Waals surface area contributed by atoms with E-state index in [-0.39, 0.29) is 5.91 Å². The fourth-order valence-electron chi connectivity index (χ4n) is 2.71. The standard InChI is InChI=1S/C13H23N5OS/c1-17(2)13(5-4-6-13)9-18(3)7-10-8-20-12(15-10)11(19)16-14/h8H,4-7,9,14H2,1-3H3,(H,16,19). The summed E-state index contributed by atoms with van der Waals surface area (Å²) in [5.41, 5.74) is 3.34. The minimum Gasteiger partial charge on any atom is -0.302 e. The number of carbonyl (C=O) groups is 1. The number of hydrogen-bond donors (Lipinski definition) is 2. The molecule has 1 aliphatic carbocycles. The van der Waals surface area contributed by atoms with E-state index in [0.29, 0.717) is 10.5 Å². The molecule has 0 bridgehead atoms. The Hall–Kier alpha value is -1.02. The fraction of sp³-hybridized carbons (Fsp3) is 0.692. The summed E-state index contributed by atoms with van der Waals surface area (Å²) >= 11 is 1.33. The van der Waals surface area contributed by atoms with Crippen LogP contribution in [0.3, 0.4) is 0 Å². The zero-order valence-electron chi connectivity index (χ0n) is 12.3. The topological polar surface area (TPSA) is 74.5 Å². The monoisotopic (exact) mass is 297 g/mol. The van der Waals surface area contributed by atoms with Crippen LogP contribution in [0.1, 0.15) is 34.8 Å². The van der Waals surface area contributed by atoms with Crippen LogP contribution in [0.25, 0.3) is 0 Å². The number of nitrogens with two attached hydrogens (primary N) is 1. The van der Waals surface area contributed by atoms with Crippen molar-refractivity contribution >= 4 is 17.2 Å². The molecule has 0 atom stereocenters. The van der Waals surface area contributed by atoms with Crippen molar-refractivity contribution in [2.24, 2.45) is 5.84 Å². The van der Waals surface area contributed by atoms with Crippen LogP contribution < -0.4 is 11.3 Å². The molecule has 1 aromatic rings. The Kier molecular flexibility index (Phi) is 4.74. The second kappa shape index (κ2) is 6.17. The number of hydrogen-bond acceptors (Lipinski definition) is 6. The van der Waals surface area contributed by atoms with Gasteiger partial charge in [-0.25, -0.2) is 10.8 Å². The Morgan fingerprint density at radius 1 is 1.50 bits per heavy atom. The van der Waals surface area contributed by atoms with Gasteiger partial charge in [-0.2, -0.15) is 0 Å². The minimum atomic E-state index is -0.326. The maximum absolute atomic E-state index is 11.4. The maximum atomic E-state index is 11.4. The third-order valence-corrected chi connectivity index (χ3v) is 5.00. The highest BCUT2D eigenvalue weighted by atomic mass is 32.1. The molecule has 1 aliphatic rings. The van der Waals surface area contributed by atoms with Gasteiger partial charge in [0.15, 0.2) is 5.01 Å². The number of nitrogen functional groups attached to an aromatic ring is 1. The summed E-state index contributed by atoms with van der Waals surface area (Å²) in [5, 5.41) is 2.34. The molecule has 0 radical (unpaired) electrons. The predicted molar refractivity (Wildman–Crippen MR) is 80.4 cm³/mol. The fourth-order valence-corrected chi connectivity index (χ4v) is 3.42. The summed E-state index contributed by atoms with van der Waals surface area (Å²) in [4.78, 5) is 20.3. The molecule has 1 fully saturated rings. The van der Waals surface area contributed by atoms with Crippen molar-refractivity contribution in [2.45, 2.75) is 31.3 Å². The highest BCUT2D eigenvalue weighted by molar-refractivity contribution is 7.11. The average Bonchev–Trinajstić information content (AvgIpc) is 2.80. The van der Waals surface area contributed by atoms with E-state index in [4.69, 9.17) is 5.84 Å². The van der Waals surface area contributed by atoms with Crippen LogP contribution >= 0.6 is 11.3 Å². The molecule has 20 heavy (non-hydrogen) atoms. The molecule has 0 aromatic carbocycles. The molecule has 1 heterocycles. The van der Waals surface area contributed by atoms with Crippen molar-refractivity contribution in [3.8, 4) is 0 Å². The smallest absolute Gasteiger partial charge is 0.294 e. The summed E-state index contributed by atoms with van der Waals surface area (Å²) in [6.45, 7) is 1.78. The van der Waals surface area contributed by atoms with Gasteiger partial charge in [0.2, 0.25) is 0 Å². The molecule has 0 spiro atoms. The molecule has 0 unspecified atom stereocenters. The van der Waals surface area contributed by atoms with Gasteiger partial charge >= 0.3 is 0 Å². The first-order chi connectivity index (χ1) is 9.47. The Bertz CT molecular complexity index is 469.